The summed E-state index contributed by atoms with van der Waals surface area (Å²) in [5, 5.41) is 8.66. The van der Waals surface area contributed by atoms with E-state index in [1.807, 2.05) is 0 Å². The van der Waals surface area contributed by atoms with Gasteiger partial charge >= 0.3 is 0 Å². The first-order valence-electron chi connectivity index (χ1n) is 3.90. The summed E-state index contributed by atoms with van der Waals surface area (Å²) in [4.78, 5) is 10.6. The molecular formula is C8H14O2. The highest BCUT2D eigenvalue weighted by Gasteiger charge is 2.32. The third-order valence-electron chi connectivity index (χ3n) is 2.46. The molecule has 0 radical (unpaired) electrons. The maximum Gasteiger partial charge on any atom is 0.126 e. The predicted octanol–water partition coefficient (Wildman–Crippen LogP) is 1.13. The Hall–Kier alpha value is -0.370. The number of rotatable bonds is 3. The largest absolute Gasteiger partial charge is 0.396 e. The van der Waals surface area contributed by atoms with E-state index in [1.165, 1.54) is 0 Å². The second kappa shape index (κ2) is 3.15. The highest BCUT2D eigenvalue weighted by molar-refractivity contribution is 5.59. The lowest BCUT2D eigenvalue weighted by Crippen LogP contribution is -2.19. The van der Waals surface area contributed by atoms with E-state index in [-0.39, 0.29) is 12.0 Å². The van der Waals surface area contributed by atoms with Gasteiger partial charge in [-0.3, -0.25) is 0 Å². The van der Waals surface area contributed by atoms with Gasteiger partial charge in [0.2, 0.25) is 0 Å². The van der Waals surface area contributed by atoms with Crippen molar-refractivity contribution in [1.29, 1.82) is 0 Å². The lowest BCUT2D eigenvalue weighted by Gasteiger charge is -2.19. The van der Waals surface area contributed by atoms with E-state index >= 15 is 0 Å². The molecule has 1 saturated carbocycles. The minimum atomic E-state index is -0.144. The molecule has 2 heteroatoms. The van der Waals surface area contributed by atoms with Crippen LogP contribution < -0.4 is 0 Å². The van der Waals surface area contributed by atoms with Crippen molar-refractivity contribution in [2.45, 2.75) is 32.1 Å². The Morgan fingerprint density at radius 2 is 2.00 bits per heavy atom. The summed E-state index contributed by atoms with van der Waals surface area (Å²) in [6, 6.07) is 0. The Bertz CT molecular complexity index is 114. The fourth-order valence-corrected chi connectivity index (χ4v) is 1.73. The van der Waals surface area contributed by atoms with E-state index in [9.17, 15) is 4.79 Å². The third kappa shape index (κ3) is 1.37. The Morgan fingerprint density at radius 3 is 2.40 bits per heavy atom. The molecule has 0 spiro atoms. The molecule has 1 rings (SSSR count). The van der Waals surface area contributed by atoms with E-state index in [2.05, 4.69) is 0 Å². The van der Waals surface area contributed by atoms with Crippen molar-refractivity contribution < 1.29 is 9.90 Å². The van der Waals surface area contributed by atoms with E-state index in [1.54, 1.807) is 0 Å². The van der Waals surface area contributed by atoms with Gasteiger partial charge in [0.05, 0.1) is 0 Å². The number of carbonyl (C=O) groups excluding carboxylic acids is 1. The molecule has 0 saturated heterocycles. The van der Waals surface area contributed by atoms with Crippen LogP contribution >= 0.6 is 0 Å². The molecule has 0 aromatic heterocycles. The molecular weight excluding hydrogens is 128 g/mol. The highest BCUT2D eigenvalue weighted by atomic mass is 16.3. The van der Waals surface area contributed by atoms with Gasteiger partial charge in [-0.25, -0.2) is 0 Å². The molecule has 10 heavy (non-hydrogen) atoms. The zero-order valence-electron chi connectivity index (χ0n) is 6.18. The van der Waals surface area contributed by atoms with Crippen LogP contribution in [0.2, 0.25) is 0 Å². The summed E-state index contributed by atoms with van der Waals surface area (Å²) >= 11 is 0. The summed E-state index contributed by atoms with van der Waals surface area (Å²) < 4.78 is 0. The van der Waals surface area contributed by atoms with E-state index in [0.717, 1.165) is 32.0 Å². The standard InChI is InChI=1S/C8H14O2/c9-6-5-8(7-10)3-1-2-4-8/h7,9H,1-6H2. The van der Waals surface area contributed by atoms with Gasteiger partial charge in [-0.2, -0.15) is 0 Å². The van der Waals surface area contributed by atoms with Crippen molar-refractivity contribution in [2.24, 2.45) is 5.41 Å². The SMILES string of the molecule is O=CC1(CCO)CCCC1. The molecule has 0 aliphatic heterocycles. The normalized spacial score (nSPS) is 22.9. The fraction of sp³-hybridized carbons (Fsp3) is 0.875. The molecule has 0 aromatic carbocycles. The fourth-order valence-electron chi connectivity index (χ4n) is 1.73. The molecule has 0 atom stereocenters. The monoisotopic (exact) mass is 142 g/mol. The van der Waals surface area contributed by atoms with Gasteiger partial charge in [0.1, 0.15) is 6.29 Å². The first-order valence-corrected chi connectivity index (χ1v) is 3.90. The smallest absolute Gasteiger partial charge is 0.126 e. The Balaban J connectivity index is 2.49. The van der Waals surface area contributed by atoms with Crippen LogP contribution in [0.4, 0.5) is 0 Å². The van der Waals surface area contributed by atoms with Gasteiger partial charge in [0, 0.05) is 12.0 Å². The summed E-state index contributed by atoms with van der Waals surface area (Å²) in [6.07, 6.45) is 5.97. The second-order valence-electron chi connectivity index (χ2n) is 3.16. The molecule has 1 aliphatic carbocycles. The summed E-state index contributed by atoms with van der Waals surface area (Å²) in [6.45, 7) is 0.152. The minimum Gasteiger partial charge on any atom is -0.396 e. The van der Waals surface area contributed by atoms with Gasteiger partial charge in [0.25, 0.3) is 0 Å². The summed E-state index contributed by atoms with van der Waals surface area (Å²) in [7, 11) is 0. The van der Waals surface area contributed by atoms with E-state index < -0.39 is 0 Å². The van der Waals surface area contributed by atoms with Crippen LogP contribution in [0.3, 0.4) is 0 Å². The van der Waals surface area contributed by atoms with E-state index in [0.29, 0.717) is 6.42 Å². The zero-order chi connectivity index (χ0) is 7.45. The van der Waals surface area contributed by atoms with Crippen LogP contribution in [0.5, 0.6) is 0 Å². The van der Waals surface area contributed by atoms with Crippen LogP contribution in [-0.2, 0) is 4.79 Å². The average Bonchev–Trinajstić information content (AvgIpc) is 2.39. The molecule has 58 valence electrons. The van der Waals surface area contributed by atoms with Crippen LogP contribution in [0.1, 0.15) is 32.1 Å². The number of aliphatic hydroxyl groups is 1. The van der Waals surface area contributed by atoms with Crippen molar-refractivity contribution in [3.63, 3.8) is 0 Å². The highest BCUT2D eigenvalue weighted by Crippen LogP contribution is 2.38. The average molecular weight is 142 g/mol. The minimum absolute atomic E-state index is 0.144. The first kappa shape index (κ1) is 7.73. The number of aldehydes is 1. The van der Waals surface area contributed by atoms with Gasteiger partial charge in [-0.05, 0) is 19.3 Å². The Morgan fingerprint density at radius 1 is 1.40 bits per heavy atom. The van der Waals surface area contributed by atoms with Crippen LogP contribution in [-0.4, -0.2) is 18.0 Å². The Kier molecular flexibility index (Phi) is 2.44. The molecule has 0 amide bonds. The van der Waals surface area contributed by atoms with Gasteiger partial charge < -0.3 is 9.90 Å². The maximum absolute atomic E-state index is 10.6. The predicted molar refractivity (Wildman–Crippen MR) is 38.7 cm³/mol. The van der Waals surface area contributed by atoms with Gasteiger partial charge in [0.15, 0.2) is 0 Å². The molecule has 0 heterocycles. The number of hydrogen-bond donors (Lipinski definition) is 1. The lowest BCUT2D eigenvalue weighted by atomic mass is 9.85. The number of hydrogen-bond acceptors (Lipinski definition) is 2. The second-order valence-corrected chi connectivity index (χ2v) is 3.16. The van der Waals surface area contributed by atoms with Gasteiger partial charge in [-0.1, -0.05) is 12.8 Å². The van der Waals surface area contributed by atoms with Crippen LogP contribution in [0.25, 0.3) is 0 Å². The third-order valence-corrected chi connectivity index (χ3v) is 2.46. The molecule has 0 unspecified atom stereocenters. The summed E-state index contributed by atoms with van der Waals surface area (Å²) in [5.74, 6) is 0. The topological polar surface area (TPSA) is 37.3 Å². The van der Waals surface area contributed by atoms with Gasteiger partial charge in [-0.15, -0.1) is 0 Å². The van der Waals surface area contributed by atoms with Crippen molar-refractivity contribution >= 4 is 6.29 Å². The van der Waals surface area contributed by atoms with Crippen LogP contribution in [0, 0.1) is 5.41 Å². The molecule has 2 nitrogen and oxygen atoms in total. The van der Waals surface area contributed by atoms with Crippen molar-refractivity contribution in [1.82, 2.24) is 0 Å². The van der Waals surface area contributed by atoms with Crippen molar-refractivity contribution in [3.05, 3.63) is 0 Å². The van der Waals surface area contributed by atoms with Crippen molar-refractivity contribution in [3.8, 4) is 0 Å². The van der Waals surface area contributed by atoms with E-state index in [4.69, 9.17) is 5.11 Å². The number of aliphatic hydroxyl groups excluding tert-OH is 1. The molecule has 1 fully saturated rings. The molecule has 1 aliphatic rings. The first-order chi connectivity index (χ1) is 4.83. The van der Waals surface area contributed by atoms with Crippen LogP contribution in [0.15, 0.2) is 0 Å². The number of carbonyl (C=O) groups is 1. The molecule has 0 aromatic rings. The summed E-state index contributed by atoms with van der Waals surface area (Å²) in [5.41, 5.74) is -0.144. The quantitative estimate of drug-likeness (QED) is 0.600. The Labute approximate surface area is 61.2 Å². The zero-order valence-corrected chi connectivity index (χ0v) is 6.18. The molecule has 0 bridgehead atoms. The lowest BCUT2D eigenvalue weighted by molar-refractivity contribution is -0.116. The van der Waals surface area contributed by atoms with Crippen molar-refractivity contribution in [2.75, 3.05) is 6.61 Å². The molecule has 1 N–H and O–H groups in total. The maximum atomic E-state index is 10.6.